The van der Waals surface area contributed by atoms with Gasteiger partial charge in [-0.3, -0.25) is 10.1 Å². The van der Waals surface area contributed by atoms with Crippen molar-refractivity contribution in [2.45, 2.75) is 39.0 Å². The predicted molar refractivity (Wildman–Crippen MR) is 77.7 cm³/mol. The van der Waals surface area contributed by atoms with Crippen LogP contribution >= 0.6 is 11.6 Å². The molecular formula is C14H19ClN2O2. The molecule has 1 aromatic rings. The number of imide groups is 1. The molecule has 4 nitrogen and oxygen atoms in total. The highest BCUT2D eigenvalue weighted by Crippen LogP contribution is 2.22. The molecule has 1 rings (SSSR count). The molecule has 19 heavy (non-hydrogen) atoms. The lowest BCUT2D eigenvalue weighted by Crippen LogP contribution is -2.38. The van der Waals surface area contributed by atoms with Gasteiger partial charge in [0.15, 0.2) is 0 Å². The Morgan fingerprint density at radius 3 is 2.16 bits per heavy atom. The Hall–Kier alpha value is -1.55. The van der Waals surface area contributed by atoms with Gasteiger partial charge in [0.25, 0.3) is 0 Å². The van der Waals surface area contributed by atoms with Gasteiger partial charge in [-0.2, -0.15) is 0 Å². The van der Waals surface area contributed by atoms with Crippen LogP contribution in [-0.2, 0) is 17.6 Å². The van der Waals surface area contributed by atoms with Crippen molar-refractivity contribution in [3.05, 3.63) is 29.3 Å². The van der Waals surface area contributed by atoms with Crippen LogP contribution in [0, 0.1) is 0 Å². The van der Waals surface area contributed by atoms with Crippen LogP contribution < -0.4 is 10.6 Å². The fraction of sp³-hybridized carbons (Fsp3) is 0.429. The number of aryl methyl sites for hydroxylation is 2. The summed E-state index contributed by atoms with van der Waals surface area (Å²) in [6.07, 6.45) is 1.62. The molecular weight excluding hydrogens is 264 g/mol. The van der Waals surface area contributed by atoms with E-state index in [1.807, 2.05) is 32.0 Å². The number of halogens is 1. The zero-order valence-electron chi connectivity index (χ0n) is 11.4. The van der Waals surface area contributed by atoms with Gasteiger partial charge in [0.05, 0.1) is 0 Å². The Morgan fingerprint density at radius 1 is 1.21 bits per heavy atom. The molecule has 0 aromatic heterocycles. The maximum atomic E-state index is 11.8. The first-order valence-corrected chi connectivity index (χ1v) is 6.79. The van der Waals surface area contributed by atoms with Crippen molar-refractivity contribution >= 4 is 29.2 Å². The zero-order chi connectivity index (χ0) is 14.4. The molecule has 0 heterocycles. The Bertz CT molecular complexity index is 450. The first-order valence-electron chi connectivity index (χ1n) is 6.36. The first-order chi connectivity index (χ1) is 8.99. The lowest BCUT2D eigenvalue weighted by Gasteiger charge is -2.14. The fourth-order valence-corrected chi connectivity index (χ4v) is 1.81. The molecule has 1 aromatic carbocycles. The fourth-order valence-electron chi connectivity index (χ4n) is 1.76. The number of alkyl halides is 1. The number of amides is 3. The summed E-state index contributed by atoms with van der Waals surface area (Å²) >= 11 is 5.60. The summed E-state index contributed by atoms with van der Waals surface area (Å²) in [5, 5.41) is 4.21. The van der Waals surface area contributed by atoms with Crippen molar-refractivity contribution in [3.63, 3.8) is 0 Å². The molecule has 1 unspecified atom stereocenters. The van der Waals surface area contributed by atoms with Crippen LogP contribution in [0.4, 0.5) is 10.5 Å². The average molecular weight is 283 g/mol. The molecule has 1 atom stereocenters. The van der Waals surface area contributed by atoms with Crippen molar-refractivity contribution in [2.24, 2.45) is 0 Å². The number of hydrogen-bond donors (Lipinski definition) is 2. The van der Waals surface area contributed by atoms with Crippen LogP contribution in [0.15, 0.2) is 18.2 Å². The topological polar surface area (TPSA) is 58.2 Å². The van der Waals surface area contributed by atoms with Gasteiger partial charge in [0, 0.05) is 5.69 Å². The molecule has 0 radical (unpaired) electrons. The minimum Gasteiger partial charge on any atom is -0.307 e. The highest BCUT2D eigenvalue weighted by Gasteiger charge is 2.15. The van der Waals surface area contributed by atoms with Gasteiger partial charge in [0.2, 0.25) is 5.91 Å². The highest BCUT2D eigenvalue weighted by molar-refractivity contribution is 6.31. The lowest BCUT2D eigenvalue weighted by molar-refractivity contribution is -0.119. The van der Waals surface area contributed by atoms with Gasteiger partial charge in [0.1, 0.15) is 5.38 Å². The number of para-hydroxylation sites is 1. The summed E-state index contributed by atoms with van der Waals surface area (Å²) in [5.41, 5.74) is 2.86. The van der Waals surface area contributed by atoms with E-state index in [1.54, 1.807) is 0 Å². The number of benzene rings is 1. The highest BCUT2D eigenvalue weighted by atomic mass is 35.5. The van der Waals surface area contributed by atoms with E-state index in [0.717, 1.165) is 29.7 Å². The second kappa shape index (κ2) is 7.14. The number of nitrogens with one attached hydrogen (secondary N) is 2. The van der Waals surface area contributed by atoms with E-state index in [0.29, 0.717) is 0 Å². The maximum absolute atomic E-state index is 11.8. The van der Waals surface area contributed by atoms with Crippen LogP contribution in [0.2, 0.25) is 0 Å². The second-order valence-electron chi connectivity index (χ2n) is 4.22. The number of anilines is 1. The Balaban J connectivity index is 2.86. The quantitative estimate of drug-likeness (QED) is 0.834. The van der Waals surface area contributed by atoms with Crippen LogP contribution in [0.3, 0.4) is 0 Å². The summed E-state index contributed by atoms with van der Waals surface area (Å²) in [5.74, 6) is -0.508. The monoisotopic (exact) mass is 282 g/mol. The van der Waals surface area contributed by atoms with E-state index in [-0.39, 0.29) is 0 Å². The summed E-state index contributed by atoms with van der Waals surface area (Å²) in [6.45, 7) is 5.55. The summed E-state index contributed by atoms with van der Waals surface area (Å²) < 4.78 is 0. The Morgan fingerprint density at radius 2 is 1.74 bits per heavy atom. The van der Waals surface area contributed by atoms with E-state index >= 15 is 0 Å². The average Bonchev–Trinajstić information content (AvgIpc) is 2.38. The van der Waals surface area contributed by atoms with Crippen molar-refractivity contribution in [3.8, 4) is 0 Å². The lowest BCUT2D eigenvalue weighted by atomic mass is 10.0. The smallest absolute Gasteiger partial charge is 0.307 e. The van der Waals surface area contributed by atoms with Crippen LogP contribution in [0.5, 0.6) is 0 Å². The Kier molecular flexibility index (Phi) is 5.83. The van der Waals surface area contributed by atoms with E-state index in [2.05, 4.69) is 10.6 Å². The number of hydrogen-bond acceptors (Lipinski definition) is 2. The maximum Gasteiger partial charge on any atom is 0.325 e. The minimum absolute atomic E-state index is 0.508. The number of carbonyl (C=O) groups is 2. The van der Waals surface area contributed by atoms with Crippen molar-refractivity contribution in [1.82, 2.24) is 5.32 Å². The molecule has 0 spiro atoms. The second-order valence-corrected chi connectivity index (χ2v) is 4.87. The van der Waals surface area contributed by atoms with Gasteiger partial charge >= 0.3 is 6.03 Å². The van der Waals surface area contributed by atoms with E-state index in [9.17, 15) is 9.59 Å². The van der Waals surface area contributed by atoms with Gasteiger partial charge in [-0.15, -0.1) is 11.6 Å². The van der Waals surface area contributed by atoms with Crippen molar-refractivity contribution in [1.29, 1.82) is 0 Å². The predicted octanol–water partition coefficient (Wildman–Crippen LogP) is 3.09. The summed E-state index contributed by atoms with van der Waals surface area (Å²) in [4.78, 5) is 23.1. The molecule has 0 saturated heterocycles. The third-order valence-corrected chi connectivity index (χ3v) is 3.03. The minimum atomic E-state index is -0.738. The van der Waals surface area contributed by atoms with Crippen LogP contribution in [-0.4, -0.2) is 17.3 Å². The van der Waals surface area contributed by atoms with Crippen LogP contribution in [0.25, 0.3) is 0 Å². The number of rotatable bonds is 4. The van der Waals surface area contributed by atoms with E-state index in [4.69, 9.17) is 11.6 Å². The van der Waals surface area contributed by atoms with Crippen LogP contribution in [0.1, 0.15) is 31.9 Å². The van der Waals surface area contributed by atoms with Gasteiger partial charge in [-0.05, 0) is 30.9 Å². The van der Waals surface area contributed by atoms with Gasteiger partial charge in [-0.1, -0.05) is 32.0 Å². The SMILES string of the molecule is CCc1cccc(CC)c1NC(=O)NC(=O)C(C)Cl. The molecule has 0 saturated carbocycles. The third-order valence-electron chi connectivity index (χ3n) is 2.84. The van der Waals surface area contributed by atoms with E-state index < -0.39 is 17.3 Å². The largest absolute Gasteiger partial charge is 0.325 e. The van der Waals surface area contributed by atoms with Gasteiger partial charge < -0.3 is 5.32 Å². The third kappa shape index (κ3) is 4.24. The molecule has 104 valence electrons. The number of carbonyl (C=O) groups excluding carboxylic acids is 2. The molecule has 0 aliphatic heterocycles. The molecule has 0 bridgehead atoms. The zero-order valence-corrected chi connectivity index (χ0v) is 12.2. The molecule has 0 aliphatic rings. The first kappa shape index (κ1) is 15.5. The van der Waals surface area contributed by atoms with Gasteiger partial charge in [-0.25, -0.2) is 4.79 Å². The normalized spacial score (nSPS) is 11.8. The summed E-state index contributed by atoms with van der Waals surface area (Å²) in [7, 11) is 0. The molecule has 0 fully saturated rings. The van der Waals surface area contributed by atoms with Crippen molar-refractivity contribution in [2.75, 3.05) is 5.32 Å². The van der Waals surface area contributed by atoms with Crippen molar-refractivity contribution < 1.29 is 9.59 Å². The molecule has 2 N–H and O–H groups in total. The standard InChI is InChI=1S/C14H19ClN2O2/c1-4-10-7-6-8-11(5-2)12(10)16-14(19)17-13(18)9(3)15/h6-9H,4-5H2,1-3H3,(H2,16,17,18,19). The molecule has 0 aliphatic carbocycles. The molecule has 3 amide bonds. The number of urea groups is 1. The van der Waals surface area contributed by atoms with E-state index in [1.165, 1.54) is 6.92 Å². The summed E-state index contributed by atoms with van der Waals surface area (Å²) in [6, 6.07) is 5.34. The molecule has 5 heteroatoms. The Labute approximate surface area is 118 Å².